The second-order valence-corrected chi connectivity index (χ2v) is 9.90. The lowest BCUT2D eigenvalue weighted by molar-refractivity contribution is 1.46. The molecule has 0 atom stereocenters. The third-order valence-corrected chi connectivity index (χ3v) is 7.09. The van der Waals surface area contributed by atoms with E-state index < -0.39 is 0 Å². The molecular weight excluding hydrogens is 494 g/mol. The van der Waals surface area contributed by atoms with Gasteiger partial charge in [-0.2, -0.15) is 0 Å². The zero-order valence-corrected chi connectivity index (χ0v) is 23.4. The monoisotopic (exact) mass is 527 g/mol. The first-order valence-corrected chi connectivity index (χ1v) is 13.7. The summed E-state index contributed by atoms with van der Waals surface area (Å²) in [7, 11) is 0. The zero-order chi connectivity index (χ0) is 28.6. The zero-order valence-electron chi connectivity index (χ0n) is 23.4. The Bertz CT molecular complexity index is 1700. The van der Waals surface area contributed by atoms with Gasteiger partial charge < -0.3 is 0 Å². The lowest BCUT2D eigenvalue weighted by atomic mass is 9.94. The van der Waals surface area contributed by atoms with Crippen LogP contribution in [0.2, 0.25) is 0 Å². The van der Waals surface area contributed by atoms with E-state index in [0.717, 1.165) is 67.1 Å². The van der Waals surface area contributed by atoms with Crippen molar-refractivity contribution in [1.82, 2.24) is 0 Å². The minimum absolute atomic E-state index is 0.717. The summed E-state index contributed by atoms with van der Waals surface area (Å²) < 4.78 is 0. The van der Waals surface area contributed by atoms with Gasteiger partial charge in [-0.15, -0.1) is 0 Å². The molecule has 1 heteroatoms. The maximum absolute atomic E-state index is 5.05. The third kappa shape index (κ3) is 6.49. The summed E-state index contributed by atoms with van der Waals surface area (Å²) >= 11 is 0. The van der Waals surface area contributed by atoms with Gasteiger partial charge in [-0.05, 0) is 93.4 Å². The van der Waals surface area contributed by atoms with Crippen LogP contribution in [-0.4, -0.2) is 5.71 Å². The van der Waals surface area contributed by atoms with Crippen LogP contribution in [0.15, 0.2) is 170 Å². The van der Waals surface area contributed by atoms with Gasteiger partial charge in [0.2, 0.25) is 0 Å². The highest BCUT2D eigenvalue weighted by molar-refractivity contribution is 6.03. The molecule has 5 aromatic rings. The quantitative estimate of drug-likeness (QED) is 0.133. The topological polar surface area (TPSA) is 12.4 Å². The van der Waals surface area contributed by atoms with E-state index in [-0.39, 0.29) is 0 Å². The average molecular weight is 528 g/mol. The molecule has 0 spiro atoms. The summed E-state index contributed by atoms with van der Waals surface area (Å²) in [5, 5.41) is 0. The molecule has 0 aromatic heterocycles. The molecule has 0 aliphatic rings. The van der Waals surface area contributed by atoms with Crippen molar-refractivity contribution in [2.45, 2.75) is 6.92 Å². The van der Waals surface area contributed by atoms with E-state index in [9.17, 15) is 0 Å². The highest BCUT2D eigenvalue weighted by Gasteiger charge is 2.11. The van der Waals surface area contributed by atoms with Gasteiger partial charge in [0.05, 0.1) is 5.70 Å². The maximum atomic E-state index is 5.05. The number of rotatable bonds is 9. The summed E-state index contributed by atoms with van der Waals surface area (Å²) in [6.45, 7) is 14.4. The summed E-state index contributed by atoms with van der Waals surface area (Å²) in [5.41, 5.74) is 12.5. The van der Waals surface area contributed by atoms with Crippen LogP contribution in [0.25, 0.3) is 44.7 Å². The molecule has 0 saturated heterocycles. The molecular formula is C40H33N. The maximum Gasteiger partial charge on any atom is 0.0634 e. The minimum atomic E-state index is 0.717. The molecule has 0 saturated carbocycles. The van der Waals surface area contributed by atoms with Gasteiger partial charge >= 0.3 is 0 Å². The van der Waals surface area contributed by atoms with Gasteiger partial charge in [-0.3, -0.25) is 4.99 Å². The first-order chi connectivity index (χ1) is 20.1. The van der Waals surface area contributed by atoms with E-state index in [1.165, 1.54) is 0 Å². The lowest BCUT2D eigenvalue weighted by Gasteiger charge is -2.13. The van der Waals surface area contributed by atoms with Crippen molar-refractivity contribution in [1.29, 1.82) is 0 Å². The molecule has 0 amide bonds. The van der Waals surface area contributed by atoms with Gasteiger partial charge in [0.1, 0.15) is 0 Å². The van der Waals surface area contributed by atoms with Crippen LogP contribution >= 0.6 is 0 Å². The minimum Gasteiger partial charge on any atom is -0.253 e. The number of aliphatic imine (C=N–C) groups is 1. The molecule has 0 fully saturated rings. The first-order valence-electron chi connectivity index (χ1n) is 13.7. The molecule has 1 nitrogen and oxygen atoms in total. The number of benzene rings is 5. The number of nitrogens with zero attached hydrogens (tertiary/aromatic N) is 1. The molecule has 0 heterocycles. The van der Waals surface area contributed by atoms with Crippen LogP contribution in [-0.2, 0) is 0 Å². The molecule has 5 rings (SSSR count). The predicted octanol–water partition coefficient (Wildman–Crippen LogP) is 10.9. The molecule has 0 unspecified atom stereocenters. The second-order valence-electron chi connectivity index (χ2n) is 9.90. The summed E-state index contributed by atoms with van der Waals surface area (Å²) in [6.07, 6.45) is 5.63. The van der Waals surface area contributed by atoms with Crippen molar-refractivity contribution in [2.75, 3.05) is 0 Å². The molecule has 5 aromatic carbocycles. The van der Waals surface area contributed by atoms with E-state index in [2.05, 4.69) is 129 Å². The van der Waals surface area contributed by atoms with Crippen molar-refractivity contribution < 1.29 is 0 Å². The second kappa shape index (κ2) is 12.7. The van der Waals surface area contributed by atoms with Crippen molar-refractivity contribution in [3.8, 4) is 33.4 Å². The summed E-state index contributed by atoms with van der Waals surface area (Å²) in [5.74, 6) is 0. The van der Waals surface area contributed by atoms with E-state index in [0.29, 0.717) is 0 Å². The highest BCUT2D eigenvalue weighted by Crippen LogP contribution is 2.32. The lowest BCUT2D eigenvalue weighted by Crippen LogP contribution is -1.99. The van der Waals surface area contributed by atoms with Crippen molar-refractivity contribution in [3.05, 3.63) is 182 Å². The Morgan fingerprint density at radius 3 is 1.44 bits per heavy atom. The van der Waals surface area contributed by atoms with Gasteiger partial charge in [-0.1, -0.05) is 129 Å². The largest absolute Gasteiger partial charge is 0.253 e. The number of allylic oxidation sites excluding steroid dienone is 4. The van der Waals surface area contributed by atoms with Gasteiger partial charge in [0.15, 0.2) is 0 Å². The van der Waals surface area contributed by atoms with Crippen LogP contribution in [0.3, 0.4) is 0 Å². The van der Waals surface area contributed by atoms with E-state index in [4.69, 9.17) is 4.99 Å². The normalized spacial score (nSPS) is 11.6. The Balaban J connectivity index is 1.60. The van der Waals surface area contributed by atoms with E-state index in [1.807, 2.05) is 37.3 Å². The van der Waals surface area contributed by atoms with Crippen molar-refractivity contribution in [2.24, 2.45) is 4.99 Å². The Labute approximate surface area is 243 Å². The van der Waals surface area contributed by atoms with Crippen LogP contribution in [0.5, 0.6) is 0 Å². The fourth-order valence-electron chi connectivity index (χ4n) is 4.93. The molecule has 0 radical (unpaired) electrons. The van der Waals surface area contributed by atoms with Crippen LogP contribution in [0.4, 0.5) is 0 Å². The Morgan fingerprint density at radius 1 is 0.537 bits per heavy atom. The van der Waals surface area contributed by atoms with Gasteiger partial charge in [0.25, 0.3) is 0 Å². The number of hydrogen-bond acceptors (Lipinski definition) is 1. The molecule has 198 valence electrons. The van der Waals surface area contributed by atoms with E-state index >= 15 is 0 Å². The molecule has 0 aliphatic carbocycles. The summed E-state index contributed by atoms with van der Waals surface area (Å²) in [6, 6.07) is 44.4. The van der Waals surface area contributed by atoms with Gasteiger partial charge in [-0.25, -0.2) is 0 Å². The standard InChI is InChI=1S/C40H33N/c1-5-16-31(6-2)37-23-35(24-38(27-37)32-17-10-7-11-18-32)29(3)41-30(4)36-25-39(33-19-12-8-13-20-33)28-40(26-36)34-21-14-9-15-22-34/h5-28H,1-2,4H2,3H3/b31-16+,41-29?. The predicted molar refractivity (Wildman–Crippen MR) is 179 cm³/mol. The van der Waals surface area contributed by atoms with Crippen LogP contribution in [0, 0.1) is 0 Å². The molecule has 41 heavy (non-hydrogen) atoms. The molecule has 0 bridgehead atoms. The molecule has 0 aliphatic heterocycles. The third-order valence-electron chi connectivity index (χ3n) is 7.09. The van der Waals surface area contributed by atoms with E-state index in [1.54, 1.807) is 6.08 Å². The first kappa shape index (κ1) is 27.3. The average Bonchev–Trinajstić information content (AvgIpc) is 3.04. The Kier molecular flexibility index (Phi) is 8.47. The smallest absolute Gasteiger partial charge is 0.0634 e. The highest BCUT2D eigenvalue weighted by atomic mass is 14.8. The number of hydrogen-bond donors (Lipinski definition) is 0. The van der Waals surface area contributed by atoms with Crippen LogP contribution in [0.1, 0.15) is 23.6 Å². The Hall–Kier alpha value is -5.27. The fraction of sp³-hybridized carbons (Fsp3) is 0.0250. The van der Waals surface area contributed by atoms with Crippen molar-refractivity contribution >= 4 is 17.0 Å². The SMILES string of the molecule is C=C/C=C(\C=C)c1cc(C(C)=NC(=C)c2cc(-c3ccccc3)cc(-c3ccccc3)c2)cc(-c2ccccc2)c1. The Morgan fingerprint density at radius 2 is 0.976 bits per heavy atom. The summed E-state index contributed by atoms with van der Waals surface area (Å²) in [4.78, 5) is 5.05. The van der Waals surface area contributed by atoms with Crippen LogP contribution < -0.4 is 0 Å². The molecule has 0 N–H and O–H groups in total. The fourth-order valence-corrected chi connectivity index (χ4v) is 4.93. The van der Waals surface area contributed by atoms with Crippen molar-refractivity contribution in [3.63, 3.8) is 0 Å². The van der Waals surface area contributed by atoms with Gasteiger partial charge in [0, 0.05) is 11.3 Å².